The van der Waals surface area contributed by atoms with E-state index in [-0.39, 0.29) is 11.7 Å². The second-order valence-electron chi connectivity index (χ2n) is 3.73. The molecule has 0 spiro atoms. The number of rotatable bonds is 7. The summed E-state index contributed by atoms with van der Waals surface area (Å²) in [7, 11) is 0. The van der Waals surface area contributed by atoms with E-state index in [2.05, 4.69) is 13.2 Å². The first-order valence-corrected chi connectivity index (χ1v) is 7.07. The van der Waals surface area contributed by atoms with Gasteiger partial charge in [-0.3, -0.25) is 4.79 Å². The van der Waals surface area contributed by atoms with Gasteiger partial charge in [-0.15, -0.1) is 24.9 Å². The predicted molar refractivity (Wildman–Crippen MR) is 84.3 cm³/mol. The molecule has 94 valence electrons. The van der Waals surface area contributed by atoms with Crippen LogP contribution in [0.1, 0.15) is 16.8 Å². The Kier molecular flexibility index (Phi) is 6.61. The Labute approximate surface area is 118 Å². The molecule has 0 aliphatic carbocycles. The molecule has 0 saturated carbocycles. The molecule has 0 radical (unpaired) electrons. The van der Waals surface area contributed by atoms with Crippen molar-refractivity contribution in [3.8, 4) is 0 Å². The molecule has 1 atom stereocenters. The van der Waals surface area contributed by atoms with Crippen molar-refractivity contribution in [2.45, 2.75) is 6.42 Å². The first-order chi connectivity index (χ1) is 8.70. The average molecular weight is 276 g/mol. The highest BCUT2D eigenvalue weighted by molar-refractivity contribution is 8.23. The van der Waals surface area contributed by atoms with Crippen molar-refractivity contribution < 1.29 is 4.79 Å². The van der Waals surface area contributed by atoms with Gasteiger partial charge in [0, 0.05) is 11.3 Å². The fourth-order valence-electron chi connectivity index (χ4n) is 1.52. The molecule has 1 rings (SSSR count). The van der Waals surface area contributed by atoms with Crippen LogP contribution in [0.4, 0.5) is 0 Å². The highest BCUT2D eigenvalue weighted by Crippen LogP contribution is 2.22. The predicted octanol–water partition coefficient (Wildman–Crippen LogP) is 4.31. The summed E-state index contributed by atoms with van der Waals surface area (Å²) >= 11 is 6.82. The minimum atomic E-state index is -0.273. The second-order valence-corrected chi connectivity index (χ2v) is 5.49. The molecule has 1 aromatic rings. The zero-order valence-corrected chi connectivity index (χ0v) is 11.8. The van der Waals surface area contributed by atoms with E-state index in [0.29, 0.717) is 16.2 Å². The van der Waals surface area contributed by atoms with Crippen LogP contribution < -0.4 is 0 Å². The lowest BCUT2D eigenvalue weighted by atomic mass is 9.96. The van der Waals surface area contributed by atoms with Gasteiger partial charge in [-0.05, 0) is 6.42 Å². The van der Waals surface area contributed by atoms with Gasteiger partial charge in [0.2, 0.25) is 0 Å². The summed E-state index contributed by atoms with van der Waals surface area (Å²) in [5, 5.41) is 0. The minimum Gasteiger partial charge on any atom is -0.293 e. The summed E-state index contributed by atoms with van der Waals surface area (Å²) < 4.78 is 0.712. The number of benzene rings is 1. The molecule has 0 aromatic heterocycles. The van der Waals surface area contributed by atoms with E-state index in [9.17, 15) is 4.79 Å². The largest absolute Gasteiger partial charge is 0.293 e. The molecule has 0 amide bonds. The molecule has 1 aromatic carbocycles. The van der Waals surface area contributed by atoms with E-state index in [1.807, 2.05) is 30.3 Å². The van der Waals surface area contributed by atoms with E-state index in [0.717, 1.165) is 5.75 Å². The van der Waals surface area contributed by atoms with Gasteiger partial charge in [0.05, 0.1) is 10.1 Å². The maximum Gasteiger partial charge on any atom is 0.172 e. The lowest BCUT2D eigenvalue weighted by Crippen LogP contribution is -2.20. The van der Waals surface area contributed by atoms with Gasteiger partial charge in [0.25, 0.3) is 0 Å². The number of thiocarbonyl (C=S) groups is 1. The van der Waals surface area contributed by atoms with Crippen molar-refractivity contribution in [1.29, 1.82) is 0 Å². The first-order valence-electron chi connectivity index (χ1n) is 5.68. The van der Waals surface area contributed by atoms with Crippen molar-refractivity contribution in [3.05, 3.63) is 61.2 Å². The summed E-state index contributed by atoms with van der Waals surface area (Å²) in [4.78, 5) is 12.4. The molecule has 0 N–H and O–H groups in total. The second kappa shape index (κ2) is 8.01. The number of thioether (sulfide) groups is 1. The van der Waals surface area contributed by atoms with E-state index in [1.165, 1.54) is 11.8 Å². The van der Waals surface area contributed by atoms with Crippen molar-refractivity contribution in [3.63, 3.8) is 0 Å². The Hall–Kier alpha value is -1.19. The van der Waals surface area contributed by atoms with Gasteiger partial charge in [-0.25, -0.2) is 0 Å². The van der Waals surface area contributed by atoms with Crippen LogP contribution in [0, 0.1) is 5.92 Å². The molecule has 1 unspecified atom stereocenters. The quantitative estimate of drug-likeness (QED) is 0.420. The van der Waals surface area contributed by atoms with Crippen LogP contribution in [0.15, 0.2) is 55.6 Å². The average Bonchev–Trinajstić information content (AvgIpc) is 2.42. The number of ketones is 1. The summed E-state index contributed by atoms with van der Waals surface area (Å²) in [6, 6.07) is 9.25. The molecular formula is C15H16OS2. The lowest BCUT2D eigenvalue weighted by Gasteiger charge is -2.14. The van der Waals surface area contributed by atoms with Gasteiger partial charge in [-0.1, -0.05) is 54.7 Å². The Morgan fingerprint density at radius 3 is 2.50 bits per heavy atom. The summed E-state index contributed by atoms with van der Waals surface area (Å²) in [5.74, 6) is 0.524. The molecule has 0 bridgehead atoms. The fraction of sp³-hybridized carbons (Fsp3) is 0.200. The number of allylic oxidation sites excluding steroid dienone is 1. The van der Waals surface area contributed by atoms with E-state index in [1.54, 1.807) is 12.2 Å². The third kappa shape index (κ3) is 4.24. The van der Waals surface area contributed by atoms with Crippen LogP contribution in [0.25, 0.3) is 0 Å². The molecule has 0 saturated heterocycles. The Bertz CT molecular complexity index is 437. The minimum absolute atomic E-state index is 0.0667. The molecule has 18 heavy (non-hydrogen) atoms. The third-order valence-corrected chi connectivity index (χ3v) is 4.01. The lowest BCUT2D eigenvalue weighted by molar-refractivity contribution is 0.0957. The Balaban J connectivity index is 2.84. The van der Waals surface area contributed by atoms with Crippen LogP contribution in [0.5, 0.6) is 0 Å². The molecule has 3 heteroatoms. The SMILES string of the molecule is C=CCSC(=S)C(CC=C)C(=O)c1ccccc1. The molecule has 1 nitrogen and oxygen atoms in total. The van der Waals surface area contributed by atoms with Crippen LogP contribution in [0.2, 0.25) is 0 Å². The molecule has 0 fully saturated rings. The van der Waals surface area contributed by atoms with Gasteiger partial charge in [0.15, 0.2) is 5.78 Å². The summed E-state index contributed by atoms with van der Waals surface area (Å²) in [6.45, 7) is 7.35. The summed E-state index contributed by atoms with van der Waals surface area (Å²) in [6.07, 6.45) is 4.11. The van der Waals surface area contributed by atoms with Gasteiger partial charge in [-0.2, -0.15) is 0 Å². The van der Waals surface area contributed by atoms with Gasteiger partial charge in [0.1, 0.15) is 0 Å². The first kappa shape index (κ1) is 14.9. The van der Waals surface area contributed by atoms with Crippen LogP contribution in [0.3, 0.4) is 0 Å². The van der Waals surface area contributed by atoms with Crippen molar-refractivity contribution in [2.75, 3.05) is 5.75 Å². The topological polar surface area (TPSA) is 17.1 Å². The number of carbonyl (C=O) groups is 1. The van der Waals surface area contributed by atoms with Crippen LogP contribution in [-0.4, -0.2) is 15.7 Å². The highest BCUT2D eigenvalue weighted by atomic mass is 32.2. The highest BCUT2D eigenvalue weighted by Gasteiger charge is 2.23. The monoisotopic (exact) mass is 276 g/mol. The van der Waals surface area contributed by atoms with Crippen LogP contribution in [-0.2, 0) is 0 Å². The van der Waals surface area contributed by atoms with Crippen molar-refractivity contribution in [1.82, 2.24) is 0 Å². The zero-order valence-electron chi connectivity index (χ0n) is 10.2. The summed E-state index contributed by atoms with van der Waals surface area (Å²) in [5.41, 5.74) is 0.700. The van der Waals surface area contributed by atoms with E-state index in [4.69, 9.17) is 12.2 Å². The molecule has 0 heterocycles. The van der Waals surface area contributed by atoms with E-state index >= 15 is 0 Å². The maximum atomic E-state index is 12.4. The maximum absolute atomic E-state index is 12.4. The molecular weight excluding hydrogens is 260 g/mol. The van der Waals surface area contributed by atoms with E-state index < -0.39 is 0 Å². The third-order valence-electron chi connectivity index (χ3n) is 2.41. The van der Waals surface area contributed by atoms with Crippen molar-refractivity contribution in [2.24, 2.45) is 5.92 Å². The van der Waals surface area contributed by atoms with Crippen molar-refractivity contribution >= 4 is 34.0 Å². The fourth-order valence-corrected chi connectivity index (χ4v) is 2.62. The normalized spacial score (nSPS) is 11.6. The Morgan fingerprint density at radius 2 is 1.94 bits per heavy atom. The zero-order chi connectivity index (χ0) is 13.4. The van der Waals surface area contributed by atoms with Gasteiger partial charge < -0.3 is 0 Å². The number of hydrogen-bond acceptors (Lipinski definition) is 3. The molecule has 0 aliphatic heterocycles. The smallest absolute Gasteiger partial charge is 0.172 e. The standard InChI is InChI=1S/C15H16OS2/c1-3-8-13(15(17)18-11-4-2)14(16)12-9-6-5-7-10-12/h3-7,9-10,13H,1-2,8,11H2. The Morgan fingerprint density at radius 1 is 1.28 bits per heavy atom. The number of hydrogen-bond donors (Lipinski definition) is 0. The van der Waals surface area contributed by atoms with Crippen LogP contribution >= 0.6 is 24.0 Å². The van der Waals surface area contributed by atoms with Gasteiger partial charge >= 0.3 is 0 Å². The molecule has 0 aliphatic rings. The number of Topliss-reactive ketones (excluding diaryl/α,β-unsaturated/α-hetero) is 1. The number of carbonyl (C=O) groups excluding carboxylic acids is 1.